The molecule has 0 spiro atoms. The number of ketones is 1. The molecule has 0 aliphatic heterocycles. The van der Waals surface area contributed by atoms with Gasteiger partial charge in [0.05, 0.1) is 43.3 Å². The maximum atomic E-state index is 13.2. The van der Waals surface area contributed by atoms with E-state index in [1.165, 1.54) is 12.4 Å². The summed E-state index contributed by atoms with van der Waals surface area (Å²) in [7, 11) is 3.12. The van der Waals surface area contributed by atoms with Crippen LogP contribution in [0.4, 0.5) is 0 Å². The number of methoxy groups -OCH3 is 2. The quantitative estimate of drug-likeness (QED) is 0.280. The smallest absolute Gasteiger partial charge is 0.340 e. The Morgan fingerprint density at radius 2 is 1.70 bits per heavy atom. The minimum Gasteiger partial charge on any atom is -0.493 e. The van der Waals surface area contributed by atoms with Gasteiger partial charge in [-0.25, -0.2) is 9.78 Å². The van der Waals surface area contributed by atoms with Crippen LogP contribution in [-0.4, -0.2) is 42.0 Å². The van der Waals surface area contributed by atoms with Crippen molar-refractivity contribution in [3.05, 3.63) is 82.8 Å². The van der Waals surface area contributed by atoms with Crippen molar-refractivity contribution in [3.63, 3.8) is 0 Å². The van der Waals surface area contributed by atoms with Crippen molar-refractivity contribution in [2.75, 3.05) is 20.8 Å². The Hall–Kier alpha value is -3.84. The number of aromatic nitrogens is 2. The minimum absolute atomic E-state index is 0.213. The summed E-state index contributed by atoms with van der Waals surface area (Å²) in [6, 6.07) is 15.3. The molecule has 0 N–H and O–H groups in total. The zero-order valence-corrected chi connectivity index (χ0v) is 19.1. The maximum Gasteiger partial charge on any atom is 0.340 e. The Labute approximate surface area is 195 Å². The van der Waals surface area contributed by atoms with Gasteiger partial charge in [0, 0.05) is 16.1 Å². The van der Waals surface area contributed by atoms with E-state index in [0.29, 0.717) is 39.0 Å². The summed E-state index contributed by atoms with van der Waals surface area (Å²) in [6.45, 7) is 1.94. The second kappa shape index (κ2) is 9.34. The normalized spacial score (nSPS) is 10.8. The summed E-state index contributed by atoms with van der Waals surface area (Å²) in [4.78, 5) is 30.4. The lowest BCUT2D eigenvalue weighted by Crippen LogP contribution is -2.05. The highest BCUT2D eigenvalue weighted by molar-refractivity contribution is 6.30. The molecule has 0 aliphatic carbocycles. The average molecular weight is 465 g/mol. The van der Waals surface area contributed by atoms with E-state index in [9.17, 15) is 9.59 Å². The van der Waals surface area contributed by atoms with Crippen molar-refractivity contribution in [2.45, 2.75) is 6.92 Å². The summed E-state index contributed by atoms with van der Waals surface area (Å²) in [6.07, 6.45) is 1.52. The maximum absolute atomic E-state index is 13.2. The third-order valence-electron chi connectivity index (χ3n) is 5.18. The van der Waals surface area contributed by atoms with Crippen LogP contribution in [0.5, 0.6) is 11.5 Å². The summed E-state index contributed by atoms with van der Waals surface area (Å²) in [5.41, 5.74) is 2.87. The summed E-state index contributed by atoms with van der Waals surface area (Å²) in [5.74, 6) is 0.358. The highest BCUT2D eigenvalue weighted by atomic mass is 35.5. The van der Waals surface area contributed by atoms with Crippen molar-refractivity contribution in [1.29, 1.82) is 0 Å². The molecular weight excluding hydrogens is 444 g/mol. The molecule has 4 rings (SSSR count). The zero-order valence-electron chi connectivity index (χ0n) is 18.3. The van der Waals surface area contributed by atoms with Crippen LogP contribution >= 0.6 is 11.6 Å². The predicted molar refractivity (Wildman–Crippen MR) is 125 cm³/mol. The monoisotopic (exact) mass is 464 g/mol. The number of fused-ring (bicyclic) bond motifs is 1. The fourth-order valence-corrected chi connectivity index (χ4v) is 3.67. The second-order valence-electron chi connectivity index (χ2n) is 7.10. The van der Waals surface area contributed by atoms with Gasteiger partial charge in [-0.3, -0.25) is 9.20 Å². The third kappa shape index (κ3) is 4.27. The molecule has 2 heterocycles. The van der Waals surface area contributed by atoms with Gasteiger partial charge in [-0.05, 0) is 61.5 Å². The van der Waals surface area contributed by atoms with Gasteiger partial charge in [-0.1, -0.05) is 11.6 Å². The molecule has 7 nitrogen and oxygen atoms in total. The number of esters is 1. The summed E-state index contributed by atoms with van der Waals surface area (Å²) in [5, 5.41) is 0.528. The van der Waals surface area contributed by atoms with E-state index < -0.39 is 5.97 Å². The number of hydrogen-bond acceptors (Lipinski definition) is 6. The van der Waals surface area contributed by atoms with Gasteiger partial charge >= 0.3 is 5.97 Å². The van der Waals surface area contributed by atoms with Crippen LogP contribution in [-0.2, 0) is 4.74 Å². The summed E-state index contributed by atoms with van der Waals surface area (Å²) < 4.78 is 17.5. The van der Waals surface area contributed by atoms with E-state index in [1.807, 2.05) is 6.07 Å². The molecule has 0 aliphatic rings. The van der Waals surface area contributed by atoms with Crippen LogP contribution in [0.2, 0.25) is 5.02 Å². The van der Waals surface area contributed by atoms with Crippen LogP contribution < -0.4 is 9.47 Å². The largest absolute Gasteiger partial charge is 0.493 e. The first-order valence-electron chi connectivity index (χ1n) is 10.2. The van der Waals surface area contributed by atoms with E-state index >= 15 is 0 Å². The van der Waals surface area contributed by atoms with Gasteiger partial charge in [0.15, 0.2) is 11.5 Å². The fraction of sp³-hybridized carbons (Fsp3) is 0.160. The van der Waals surface area contributed by atoms with Crippen molar-refractivity contribution in [2.24, 2.45) is 0 Å². The number of carbonyl (C=O) groups is 2. The molecule has 0 saturated heterocycles. The Morgan fingerprint density at radius 3 is 2.36 bits per heavy atom. The third-order valence-corrected chi connectivity index (χ3v) is 5.43. The Morgan fingerprint density at radius 1 is 0.970 bits per heavy atom. The lowest BCUT2D eigenvalue weighted by atomic mass is 10.1. The molecule has 4 aromatic rings. The number of nitrogens with zero attached hydrogens (tertiary/aromatic N) is 2. The minimum atomic E-state index is -0.519. The molecule has 0 atom stereocenters. The van der Waals surface area contributed by atoms with Crippen molar-refractivity contribution in [3.8, 4) is 22.8 Å². The average Bonchev–Trinajstić information content (AvgIpc) is 3.22. The van der Waals surface area contributed by atoms with E-state index in [2.05, 4.69) is 4.98 Å². The van der Waals surface area contributed by atoms with Crippen LogP contribution in [0.3, 0.4) is 0 Å². The topological polar surface area (TPSA) is 79.1 Å². The van der Waals surface area contributed by atoms with Gasteiger partial charge in [-0.15, -0.1) is 0 Å². The molecular formula is C25H21ClN2O5. The Kier molecular flexibility index (Phi) is 6.33. The molecule has 2 aromatic heterocycles. The lowest BCUT2D eigenvalue weighted by molar-refractivity contribution is 0.0529. The number of ether oxygens (including phenoxy) is 3. The first kappa shape index (κ1) is 22.4. The highest BCUT2D eigenvalue weighted by Gasteiger charge is 2.22. The fourth-order valence-electron chi connectivity index (χ4n) is 3.55. The van der Waals surface area contributed by atoms with Gasteiger partial charge < -0.3 is 14.2 Å². The van der Waals surface area contributed by atoms with Crippen LogP contribution in [0.25, 0.3) is 16.8 Å². The van der Waals surface area contributed by atoms with E-state index in [0.717, 1.165) is 5.56 Å². The SMILES string of the molecule is CCOC(=O)c1cc(C(=O)c2ccc(Cl)cc2)n2cnc(-c3ccc(OC)c(OC)c3)cc12. The molecule has 168 valence electrons. The van der Waals surface area contributed by atoms with E-state index in [1.54, 1.807) is 68.0 Å². The molecule has 0 bridgehead atoms. The van der Waals surface area contributed by atoms with Crippen LogP contribution in [0.15, 0.2) is 60.9 Å². The Balaban J connectivity index is 1.86. The van der Waals surface area contributed by atoms with Gasteiger partial charge in [0.25, 0.3) is 0 Å². The molecule has 0 saturated carbocycles. The number of carbonyl (C=O) groups excluding carboxylic acids is 2. The highest BCUT2D eigenvalue weighted by Crippen LogP contribution is 2.32. The number of halogens is 1. The standard InChI is InChI=1S/C25H21ClN2O5/c1-4-33-25(30)18-12-21(24(29)15-5-8-17(26)9-6-15)28-14-27-19(13-20(18)28)16-7-10-22(31-2)23(11-16)32-3/h5-14H,4H2,1-3H3. The Bertz CT molecular complexity index is 1350. The van der Waals surface area contributed by atoms with Crippen molar-refractivity contribution in [1.82, 2.24) is 9.38 Å². The number of benzene rings is 2. The molecule has 0 unspecified atom stereocenters. The lowest BCUT2D eigenvalue weighted by Gasteiger charge is -2.10. The number of rotatable bonds is 7. The van der Waals surface area contributed by atoms with Gasteiger partial charge in [0.1, 0.15) is 6.33 Å². The van der Waals surface area contributed by atoms with E-state index in [-0.39, 0.29) is 18.0 Å². The molecule has 2 aromatic carbocycles. The first-order valence-corrected chi connectivity index (χ1v) is 10.6. The zero-order chi connectivity index (χ0) is 23.5. The molecule has 33 heavy (non-hydrogen) atoms. The van der Waals surface area contributed by atoms with Gasteiger partial charge in [0.2, 0.25) is 5.78 Å². The molecule has 0 radical (unpaired) electrons. The molecule has 8 heteroatoms. The number of hydrogen-bond donors (Lipinski definition) is 0. The molecule has 0 fully saturated rings. The first-order chi connectivity index (χ1) is 16.0. The van der Waals surface area contributed by atoms with Gasteiger partial charge in [-0.2, -0.15) is 0 Å². The van der Waals surface area contributed by atoms with E-state index in [4.69, 9.17) is 25.8 Å². The molecule has 0 amide bonds. The van der Waals surface area contributed by atoms with Crippen molar-refractivity contribution < 1.29 is 23.8 Å². The van der Waals surface area contributed by atoms with Crippen LogP contribution in [0.1, 0.15) is 33.3 Å². The van der Waals surface area contributed by atoms with Crippen LogP contribution in [0, 0.1) is 0 Å². The van der Waals surface area contributed by atoms with Crippen molar-refractivity contribution >= 4 is 28.9 Å². The summed E-state index contributed by atoms with van der Waals surface area (Å²) >= 11 is 5.95. The second-order valence-corrected chi connectivity index (χ2v) is 7.54. The predicted octanol–water partition coefficient (Wildman–Crippen LogP) is 5.08.